The molecular formula is C18H18ClN3O3S. The Bertz CT molecular complexity index is 848. The summed E-state index contributed by atoms with van der Waals surface area (Å²) in [4.78, 5) is 32.2. The number of benzene rings is 1. The number of amides is 2. The molecule has 1 aromatic heterocycles. The largest absolute Gasteiger partial charge is 0.368 e. The molecule has 0 spiro atoms. The van der Waals surface area contributed by atoms with Crippen LogP contribution >= 0.6 is 22.9 Å². The van der Waals surface area contributed by atoms with Crippen molar-refractivity contribution in [2.45, 2.75) is 31.9 Å². The third kappa shape index (κ3) is 3.60. The van der Waals surface area contributed by atoms with Gasteiger partial charge in [0.05, 0.1) is 12.2 Å². The first kappa shape index (κ1) is 17.5. The Kier molecular flexibility index (Phi) is 4.93. The fourth-order valence-corrected chi connectivity index (χ4v) is 4.41. The molecular weight excluding hydrogens is 374 g/mol. The van der Waals surface area contributed by atoms with Gasteiger partial charge in [-0.2, -0.15) is 0 Å². The minimum Gasteiger partial charge on any atom is -0.368 e. The number of hydrogen-bond acceptors (Lipinski definition) is 5. The van der Waals surface area contributed by atoms with Crippen LogP contribution in [0.4, 0.5) is 5.13 Å². The van der Waals surface area contributed by atoms with Crippen molar-refractivity contribution in [1.29, 1.82) is 0 Å². The number of rotatable bonds is 3. The number of anilines is 1. The highest BCUT2D eigenvalue weighted by Crippen LogP contribution is 2.29. The molecule has 2 aliphatic heterocycles. The Labute approximate surface area is 160 Å². The van der Waals surface area contributed by atoms with Crippen LogP contribution in [0.2, 0.25) is 5.02 Å². The van der Waals surface area contributed by atoms with Crippen LogP contribution in [-0.2, 0) is 22.5 Å². The van der Waals surface area contributed by atoms with Crippen LogP contribution in [-0.4, -0.2) is 41.0 Å². The molecule has 2 aromatic rings. The van der Waals surface area contributed by atoms with Gasteiger partial charge in [0.15, 0.2) is 5.13 Å². The fraction of sp³-hybridized carbons (Fsp3) is 0.389. The van der Waals surface area contributed by atoms with E-state index in [2.05, 4.69) is 10.3 Å². The molecule has 0 bridgehead atoms. The number of carbonyl (C=O) groups excluding carboxylic acids is 2. The molecule has 1 saturated heterocycles. The molecule has 1 N–H and O–H groups in total. The summed E-state index contributed by atoms with van der Waals surface area (Å²) in [5.74, 6) is -0.183. The van der Waals surface area contributed by atoms with Crippen LogP contribution in [0.5, 0.6) is 0 Å². The summed E-state index contributed by atoms with van der Waals surface area (Å²) in [5, 5.41) is 3.97. The van der Waals surface area contributed by atoms with E-state index in [0.29, 0.717) is 41.8 Å². The zero-order chi connectivity index (χ0) is 18.1. The van der Waals surface area contributed by atoms with Crippen LogP contribution in [0.1, 0.15) is 33.8 Å². The summed E-state index contributed by atoms with van der Waals surface area (Å²) in [6.45, 7) is 1.72. The zero-order valence-corrected chi connectivity index (χ0v) is 15.6. The maximum atomic E-state index is 12.7. The lowest BCUT2D eigenvalue weighted by molar-refractivity contribution is -0.124. The Balaban J connectivity index is 1.44. The first-order valence-electron chi connectivity index (χ1n) is 8.56. The smallest absolute Gasteiger partial charge is 0.255 e. The number of nitrogens with zero attached hydrogens (tertiary/aromatic N) is 2. The van der Waals surface area contributed by atoms with E-state index >= 15 is 0 Å². The van der Waals surface area contributed by atoms with E-state index in [4.69, 9.17) is 16.3 Å². The average Bonchev–Trinajstić information content (AvgIpc) is 3.29. The van der Waals surface area contributed by atoms with Gasteiger partial charge < -0.3 is 9.64 Å². The third-order valence-electron chi connectivity index (χ3n) is 4.54. The van der Waals surface area contributed by atoms with E-state index < -0.39 is 0 Å². The van der Waals surface area contributed by atoms with Crippen molar-refractivity contribution in [1.82, 2.24) is 9.88 Å². The molecule has 6 nitrogen and oxygen atoms in total. The highest BCUT2D eigenvalue weighted by atomic mass is 35.5. The standard InChI is InChI=1S/C18H18ClN3O3S/c19-12-4-1-3-11(9-12)17(24)22-7-6-13-15(10-22)26-18(20-13)21-16(23)14-5-2-8-25-14/h1,3-4,9,14H,2,5-8,10H2,(H,20,21,23). The van der Waals surface area contributed by atoms with Crippen LogP contribution in [0, 0.1) is 0 Å². The highest BCUT2D eigenvalue weighted by molar-refractivity contribution is 7.15. The predicted molar refractivity (Wildman–Crippen MR) is 99.6 cm³/mol. The number of hydrogen-bond donors (Lipinski definition) is 1. The van der Waals surface area contributed by atoms with E-state index in [1.54, 1.807) is 29.2 Å². The van der Waals surface area contributed by atoms with Crippen LogP contribution in [0.15, 0.2) is 24.3 Å². The van der Waals surface area contributed by atoms with Gasteiger partial charge in [-0.1, -0.05) is 29.0 Å². The van der Waals surface area contributed by atoms with Gasteiger partial charge in [-0.25, -0.2) is 4.98 Å². The number of thiazole rings is 1. The number of carbonyl (C=O) groups is 2. The van der Waals surface area contributed by atoms with Crippen molar-refractivity contribution < 1.29 is 14.3 Å². The summed E-state index contributed by atoms with van der Waals surface area (Å²) in [5.41, 5.74) is 1.53. The van der Waals surface area contributed by atoms with Gasteiger partial charge in [0.25, 0.3) is 11.8 Å². The molecule has 8 heteroatoms. The SMILES string of the molecule is O=C(Nc1nc2c(s1)CN(C(=O)c1cccc(Cl)c1)CC2)C1CCCO1. The summed E-state index contributed by atoms with van der Waals surface area (Å²) in [6.07, 6.45) is 1.96. The minimum atomic E-state index is -0.378. The van der Waals surface area contributed by atoms with E-state index in [1.165, 1.54) is 11.3 Å². The molecule has 1 aromatic carbocycles. The molecule has 1 fully saturated rings. The second kappa shape index (κ2) is 7.34. The molecule has 0 saturated carbocycles. The molecule has 2 amide bonds. The second-order valence-corrected chi connectivity index (χ2v) is 7.89. The number of fused-ring (bicyclic) bond motifs is 1. The van der Waals surface area contributed by atoms with Gasteiger partial charge in [-0.3, -0.25) is 14.9 Å². The van der Waals surface area contributed by atoms with Crippen molar-refractivity contribution in [3.05, 3.63) is 45.4 Å². The molecule has 136 valence electrons. The van der Waals surface area contributed by atoms with Crippen molar-refractivity contribution in [2.75, 3.05) is 18.5 Å². The van der Waals surface area contributed by atoms with E-state index in [-0.39, 0.29) is 17.9 Å². The number of halogens is 1. The Morgan fingerprint density at radius 1 is 1.38 bits per heavy atom. The van der Waals surface area contributed by atoms with Crippen molar-refractivity contribution in [3.63, 3.8) is 0 Å². The highest BCUT2D eigenvalue weighted by Gasteiger charge is 2.27. The molecule has 1 unspecified atom stereocenters. The molecule has 3 heterocycles. The minimum absolute atomic E-state index is 0.0449. The van der Waals surface area contributed by atoms with Crippen LogP contribution in [0.25, 0.3) is 0 Å². The lowest BCUT2D eigenvalue weighted by atomic mass is 10.1. The van der Waals surface area contributed by atoms with Gasteiger partial charge in [-0.05, 0) is 31.0 Å². The number of nitrogens with one attached hydrogen (secondary N) is 1. The normalized spacial score (nSPS) is 19.3. The first-order valence-corrected chi connectivity index (χ1v) is 9.75. The quantitative estimate of drug-likeness (QED) is 0.872. The van der Waals surface area contributed by atoms with Gasteiger partial charge in [0, 0.05) is 35.0 Å². The third-order valence-corrected chi connectivity index (χ3v) is 5.78. The van der Waals surface area contributed by atoms with Gasteiger partial charge in [0.1, 0.15) is 6.10 Å². The molecule has 0 aliphatic carbocycles. The van der Waals surface area contributed by atoms with E-state index in [1.807, 2.05) is 0 Å². The fourth-order valence-electron chi connectivity index (χ4n) is 3.20. The van der Waals surface area contributed by atoms with Crippen LogP contribution in [0.3, 0.4) is 0 Å². The van der Waals surface area contributed by atoms with Crippen molar-refractivity contribution >= 4 is 39.9 Å². The zero-order valence-electron chi connectivity index (χ0n) is 14.0. The van der Waals surface area contributed by atoms with E-state index in [9.17, 15) is 9.59 Å². The monoisotopic (exact) mass is 391 g/mol. The van der Waals surface area contributed by atoms with Gasteiger partial charge >= 0.3 is 0 Å². The molecule has 4 rings (SSSR count). The molecule has 26 heavy (non-hydrogen) atoms. The topological polar surface area (TPSA) is 71.5 Å². The van der Waals surface area contributed by atoms with Crippen LogP contribution < -0.4 is 5.32 Å². The summed E-state index contributed by atoms with van der Waals surface area (Å²) >= 11 is 7.41. The Morgan fingerprint density at radius 2 is 2.27 bits per heavy atom. The molecule has 0 radical (unpaired) electrons. The second-order valence-electron chi connectivity index (χ2n) is 6.37. The lowest BCUT2D eigenvalue weighted by Crippen LogP contribution is -2.35. The van der Waals surface area contributed by atoms with E-state index in [0.717, 1.165) is 23.4 Å². The van der Waals surface area contributed by atoms with Crippen molar-refractivity contribution in [2.24, 2.45) is 0 Å². The summed E-state index contributed by atoms with van der Waals surface area (Å²) in [6, 6.07) is 6.97. The number of ether oxygens (including phenoxy) is 1. The van der Waals surface area contributed by atoms with Gasteiger partial charge in [-0.15, -0.1) is 0 Å². The first-order chi connectivity index (χ1) is 12.6. The molecule has 1 atom stereocenters. The molecule has 2 aliphatic rings. The predicted octanol–water partition coefficient (Wildman–Crippen LogP) is 3.11. The Hall–Kier alpha value is -1.96. The maximum Gasteiger partial charge on any atom is 0.255 e. The Morgan fingerprint density at radius 3 is 3.04 bits per heavy atom. The van der Waals surface area contributed by atoms with Gasteiger partial charge in [0.2, 0.25) is 0 Å². The maximum absolute atomic E-state index is 12.7. The average molecular weight is 392 g/mol. The lowest BCUT2D eigenvalue weighted by Gasteiger charge is -2.26. The number of aromatic nitrogens is 1. The summed E-state index contributed by atoms with van der Waals surface area (Å²) in [7, 11) is 0. The summed E-state index contributed by atoms with van der Waals surface area (Å²) < 4.78 is 5.40. The van der Waals surface area contributed by atoms with Crippen molar-refractivity contribution in [3.8, 4) is 0 Å².